The molecule has 1 amide bonds. The molecule has 0 aliphatic carbocycles. The van der Waals surface area contributed by atoms with Crippen LogP contribution in [0.1, 0.15) is 48.0 Å². The first-order valence-corrected chi connectivity index (χ1v) is 10.1. The molecule has 2 fully saturated rings. The van der Waals surface area contributed by atoms with E-state index in [-0.39, 0.29) is 5.91 Å². The Hall–Kier alpha value is -1.46. The summed E-state index contributed by atoms with van der Waals surface area (Å²) in [7, 11) is 1.62. The number of benzene rings is 1. The molecule has 2 saturated heterocycles. The highest BCUT2D eigenvalue weighted by Gasteiger charge is 2.37. The van der Waals surface area contributed by atoms with Gasteiger partial charge in [-0.3, -0.25) is 4.79 Å². The summed E-state index contributed by atoms with van der Waals surface area (Å²) in [5.74, 6) is 0.574. The lowest BCUT2D eigenvalue weighted by Crippen LogP contribution is -2.48. The summed E-state index contributed by atoms with van der Waals surface area (Å²) in [5.41, 5.74) is 2.86. The van der Waals surface area contributed by atoms with E-state index >= 15 is 0 Å². The monoisotopic (exact) mass is 377 g/mol. The van der Waals surface area contributed by atoms with Gasteiger partial charge in [-0.25, -0.2) is 0 Å². The van der Waals surface area contributed by atoms with Gasteiger partial charge < -0.3 is 20.3 Å². The van der Waals surface area contributed by atoms with Crippen LogP contribution in [0, 0.1) is 5.41 Å². The minimum absolute atomic E-state index is 0.0849. The predicted octanol–water partition coefficient (Wildman–Crippen LogP) is 3.31. The molecule has 142 valence electrons. The number of hydrogen-bond acceptors (Lipinski definition) is 4. The van der Waals surface area contributed by atoms with E-state index in [4.69, 9.17) is 16.3 Å². The second kappa shape index (κ2) is 7.28. The molecular formula is C20H28ClN3O2. The Labute approximate surface area is 160 Å². The smallest absolute Gasteiger partial charge is 0.255 e. The third-order valence-corrected chi connectivity index (χ3v) is 6.62. The molecule has 1 aromatic rings. The van der Waals surface area contributed by atoms with Crippen molar-refractivity contribution in [1.29, 1.82) is 0 Å². The van der Waals surface area contributed by atoms with Crippen LogP contribution in [0.2, 0.25) is 5.02 Å². The quantitative estimate of drug-likeness (QED) is 0.826. The largest absolute Gasteiger partial charge is 0.496 e. The molecule has 2 bridgehead atoms. The molecule has 4 rings (SSSR count). The van der Waals surface area contributed by atoms with Crippen molar-refractivity contribution >= 4 is 23.2 Å². The third-order valence-electron chi connectivity index (χ3n) is 6.32. The van der Waals surface area contributed by atoms with E-state index in [0.29, 0.717) is 28.3 Å². The number of nitrogens with zero attached hydrogens (tertiary/aromatic N) is 1. The number of anilines is 1. The van der Waals surface area contributed by atoms with Crippen molar-refractivity contribution < 1.29 is 9.53 Å². The normalized spacial score (nSPS) is 26.8. The summed E-state index contributed by atoms with van der Waals surface area (Å²) >= 11 is 6.37. The zero-order valence-corrected chi connectivity index (χ0v) is 16.3. The molecule has 0 unspecified atom stereocenters. The van der Waals surface area contributed by atoms with Gasteiger partial charge in [-0.1, -0.05) is 11.6 Å². The fourth-order valence-corrected chi connectivity index (χ4v) is 5.37. The molecule has 0 atom stereocenters. The standard InChI is InChI=1S/C20H28ClN3O2/c1-26-18-14-4-8-22-17(14)16(21)12-15(18)19(25)23-9-7-20-5-2-10-24(13-20)11-3-6-20/h12,22H,2-11,13H2,1H3,(H,23,25). The number of ether oxygens (including phenoxy) is 1. The summed E-state index contributed by atoms with van der Waals surface area (Å²) < 4.78 is 5.56. The molecule has 3 heterocycles. The Kier molecular flexibility index (Phi) is 5.02. The fraction of sp³-hybridized carbons (Fsp3) is 0.650. The Balaban J connectivity index is 1.43. The maximum atomic E-state index is 12.8. The lowest BCUT2D eigenvalue weighted by molar-refractivity contribution is 0.0315. The average molecular weight is 378 g/mol. The summed E-state index contributed by atoms with van der Waals surface area (Å²) in [6.45, 7) is 5.22. The zero-order chi connectivity index (χ0) is 18.1. The van der Waals surface area contributed by atoms with E-state index in [9.17, 15) is 4.79 Å². The van der Waals surface area contributed by atoms with Gasteiger partial charge in [-0.2, -0.15) is 0 Å². The highest BCUT2D eigenvalue weighted by Crippen LogP contribution is 2.42. The first kappa shape index (κ1) is 17.9. The molecule has 2 N–H and O–H groups in total. The van der Waals surface area contributed by atoms with Crippen molar-refractivity contribution in [2.24, 2.45) is 5.41 Å². The van der Waals surface area contributed by atoms with Gasteiger partial charge in [-0.15, -0.1) is 0 Å². The van der Waals surface area contributed by atoms with Gasteiger partial charge in [0.15, 0.2) is 0 Å². The minimum Gasteiger partial charge on any atom is -0.496 e. The molecule has 0 radical (unpaired) electrons. The van der Waals surface area contributed by atoms with E-state index in [2.05, 4.69) is 15.5 Å². The van der Waals surface area contributed by atoms with Gasteiger partial charge in [-0.05, 0) is 63.1 Å². The number of halogens is 1. The van der Waals surface area contributed by atoms with Crippen LogP contribution in [-0.4, -0.2) is 50.6 Å². The molecule has 6 heteroatoms. The van der Waals surface area contributed by atoms with Gasteiger partial charge in [0.1, 0.15) is 5.75 Å². The van der Waals surface area contributed by atoms with Crippen molar-refractivity contribution in [2.45, 2.75) is 38.5 Å². The van der Waals surface area contributed by atoms with Gasteiger partial charge in [0.2, 0.25) is 0 Å². The summed E-state index contributed by atoms with van der Waals surface area (Å²) in [4.78, 5) is 15.4. The molecule has 5 nitrogen and oxygen atoms in total. The van der Waals surface area contributed by atoms with Crippen LogP contribution in [0.5, 0.6) is 5.75 Å². The number of methoxy groups -OCH3 is 1. The van der Waals surface area contributed by atoms with Crippen molar-refractivity contribution in [2.75, 3.05) is 45.2 Å². The van der Waals surface area contributed by atoms with E-state index < -0.39 is 0 Å². The molecule has 1 aromatic carbocycles. The zero-order valence-electron chi connectivity index (χ0n) is 15.5. The van der Waals surface area contributed by atoms with Gasteiger partial charge in [0.05, 0.1) is 23.4 Å². The number of hydrogen-bond donors (Lipinski definition) is 2. The summed E-state index contributed by atoms with van der Waals surface area (Å²) in [5, 5.41) is 6.99. The van der Waals surface area contributed by atoms with Crippen LogP contribution >= 0.6 is 11.6 Å². The van der Waals surface area contributed by atoms with Crippen LogP contribution in [-0.2, 0) is 6.42 Å². The Morgan fingerprint density at radius 2 is 2.15 bits per heavy atom. The van der Waals surface area contributed by atoms with E-state index in [0.717, 1.165) is 30.6 Å². The lowest BCUT2D eigenvalue weighted by atomic mass is 9.71. The highest BCUT2D eigenvalue weighted by molar-refractivity contribution is 6.34. The summed E-state index contributed by atoms with van der Waals surface area (Å²) in [6.07, 6.45) is 7.04. The number of rotatable bonds is 5. The molecule has 0 saturated carbocycles. The molecule has 3 aliphatic heterocycles. The predicted molar refractivity (Wildman–Crippen MR) is 104 cm³/mol. The lowest BCUT2D eigenvalue weighted by Gasteiger charge is -2.47. The topological polar surface area (TPSA) is 53.6 Å². The Morgan fingerprint density at radius 1 is 1.38 bits per heavy atom. The SMILES string of the molecule is COc1c(C(=O)NCCC23CCCN(CCC2)C3)cc(Cl)c2c1CCN2. The summed E-state index contributed by atoms with van der Waals surface area (Å²) in [6, 6.07) is 1.73. The number of piperidine rings is 2. The second-order valence-corrected chi connectivity index (χ2v) is 8.37. The van der Waals surface area contributed by atoms with Gasteiger partial charge in [0, 0.05) is 25.2 Å². The maximum absolute atomic E-state index is 12.8. The average Bonchev–Trinajstić information content (AvgIpc) is 3.12. The van der Waals surface area contributed by atoms with Crippen molar-refractivity contribution in [3.05, 3.63) is 22.2 Å². The van der Waals surface area contributed by atoms with Crippen molar-refractivity contribution in [3.63, 3.8) is 0 Å². The van der Waals surface area contributed by atoms with Crippen LogP contribution in [0.3, 0.4) is 0 Å². The Bertz CT molecular complexity index is 697. The minimum atomic E-state index is -0.0849. The number of nitrogens with one attached hydrogen (secondary N) is 2. The molecule has 3 aliphatic rings. The molecule has 0 spiro atoms. The van der Waals surface area contributed by atoms with Gasteiger partial charge >= 0.3 is 0 Å². The number of amides is 1. The fourth-order valence-electron chi connectivity index (χ4n) is 5.08. The van der Waals surface area contributed by atoms with E-state index in [1.54, 1.807) is 13.2 Å². The van der Waals surface area contributed by atoms with Gasteiger partial charge in [0.25, 0.3) is 5.91 Å². The van der Waals surface area contributed by atoms with Crippen LogP contribution in [0.25, 0.3) is 0 Å². The number of carbonyl (C=O) groups excluding carboxylic acids is 1. The van der Waals surface area contributed by atoms with Crippen molar-refractivity contribution in [3.8, 4) is 5.75 Å². The third kappa shape index (κ3) is 3.27. The number of carbonyl (C=O) groups is 1. The first-order valence-electron chi connectivity index (χ1n) is 9.76. The Morgan fingerprint density at radius 3 is 2.88 bits per heavy atom. The second-order valence-electron chi connectivity index (χ2n) is 7.96. The maximum Gasteiger partial charge on any atom is 0.255 e. The van der Waals surface area contributed by atoms with Crippen molar-refractivity contribution in [1.82, 2.24) is 10.2 Å². The van der Waals surface area contributed by atoms with Crippen LogP contribution in [0.4, 0.5) is 5.69 Å². The molecule has 26 heavy (non-hydrogen) atoms. The highest BCUT2D eigenvalue weighted by atomic mass is 35.5. The van der Waals surface area contributed by atoms with E-state index in [1.807, 2.05) is 0 Å². The molecular weight excluding hydrogens is 350 g/mol. The van der Waals surface area contributed by atoms with E-state index in [1.165, 1.54) is 45.3 Å². The first-order chi connectivity index (χ1) is 12.6. The number of fused-ring (bicyclic) bond motifs is 3. The molecule has 0 aromatic heterocycles. The van der Waals surface area contributed by atoms with Crippen LogP contribution in [0.15, 0.2) is 6.07 Å². The van der Waals surface area contributed by atoms with Crippen LogP contribution < -0.4 is 15.4 Å².